The topological polar surface area (TPSA) is 12.1 Å². The van der Waals surface area contributed by atoms with Gasteiger partial charge in [0.05, 0.1) is 16.9 Å². The number of fused-ring (bicyclic) bond motifs is 9. The van der Waals surface area contributed by atoms with Crippen molar-refractivity contribution in [1.82, 2.24) is 4.57 Å². The number of anilines is 3. The minimum atomic E-state index is -0.0425. The van der Waals surface area contributed by atoms with Crippen LogP contribution in [0.1, 0.15) is 111 Å². The number of pyridine rings is 1. The summed E-state index contributed by atoms with van der Waals surface area (Å²) < 4.78 is 4.90. The molecule has 0 unspecified atom stereocenters. The molecule has 5 heteroatoms. The second-order valence-corrected chi connectivity index (χ2v) is 24.2. The molecule has 8 aromatic rings. The van der Waals surface area contributed by atoms with Crippen LogP contribution in [0.4, 0.5) is 17.1 Å². The molecular formula is C59H61BN3S+. The third-order valence-corrected chi connectivity index (χ3v) is 15.6. The predicted molar refractivity (Wildman–Crippen MR) is 276 cm³/mol. The summed E-state index contributed by atoms with van der Waals surface area (Å²) >= 11 is 1.97. The van der Waals surface area contributed by atoms with E-state index in [1.807, 2.05) is 11.8 Å². The monoisotopic (exact) mass is 854 g/mol. The first-order chi connectivity index (χ1) is 30.1. The molecule has 11 rings (SSSR count). The lowest BCUT2D eigenvalue weighted by atomic mass is 9.33. The van der Waals surface area contributed by atoms with Crippen LogP contribution in [0.25, 0.3) is 49.9 Å². The minimum Gasteiger partial charge on any atom is -0.310 e. The molecular weight excluding hydrogens is 794 g/mol. The number of hydrogen-bond acceptors (Lipinski definition) is 2. The molecule has 6 aromatic carbocycles. The number of aryl methyl sites for hydroxylation is 2. The van der Waals surface area contributed by atoms with Crippen LogP contribution in [0.5, 0.6) is 0 Å². The number of hydrogen-bond donors (Lipinski definition) is 0. The Morgan fingerprint density at radius 2 is 1.16 bits per heavy atom. The van der Waals surface area contributed by atoms with Gasteiger partial charge >= 0.3 is 0 Å². The van der Waals surface area contributed by atoms with Crippen molar-refractivity contribution in [2.45, 2.75) is 121 Å². The van der Waals surface area contributed by atoms with Crippen LogP contribution >= 0.6 is 11.8 Å². The summed E-state index contributed by atoms with van der Waals surface area (Å²) in [6.45, 7) is 30.6. The molecule has 3 aliphatic heterocycles. The standard InChI is InChI=1S/C59H61BN3S/c1-34-18-19-35(25-41(34)46-17-15-16-24-61(46)14)36-26-49-53-50(27-36)63-48-23-21-38(57(5,6)7)32-51(48)64-52-33-40(59(11,12)13)31-45(55(52)63)60(53)44-30-39(58(8,9)10)29-43-42-28-37(56(2,3)4)20-22-47(42)62(49)54(43)44/h15-33H,1-14H3/q+1. The average Bonchev–Trinajstić information content (AvgIpc) is 3.56. The van der Waals surface area contributed by atoms with Crippen LogP contribution in [-0.4, -0.2) is 11.3 Å². The van der Waals surface area contributed by atoms with E-state index in [-0.39, 0.29) is 28.4 Å². The zero-order chi connectivity index (χ0) is 45.2. The van der Waals surface area contributed by atoms with Crippen LogP contribution in [0.3, 0.4) is 0 Å². The van der Waals surface area contributed by atoms with Gasteiger partial charge in [-0.1, -0.05) is 131 Å². The van der Waals surface area contributed by atoms with Crippen molar-refractivity contribution in [3.05, 3.63) is 143 Å². The molecule has 0 aliphatic carbocycles. The molecule has 2 aromatic heterocycles. The van der Waals surface area contributed by atoms with E-state index < -0.39 is 0 Å². The van der Waals surface area contributed by atoms with Crippen LogP contribution in [0.2, 0.25) is 0 Å². The maximum atomic E-state index is 2.67. The Bertz CT molecular complexity index is 3320. The lowest BCUT2D eigenvalue weighted by Crippen LogP contribution is -2.61. The van der Waals surface area contributed by atoms with Gasteiger partial charge in [0.1, 0.15) is 7.05 Å². The minimum absolute atomic E-state index is 0.0157. The van der Waals surface area contributed by atoms with Gasteiger partial charge in [0, 0.05) is 55.2 Å². The number of aromatic nitrogens is 2. The molecule has 0 saturated heterocycles. The zero-order valence-electron chi connectivity index (χ0n) is 40.3. The SMILES string of the molecule is Cc1ccc(-c2cc3c4c(c2)-n2c5ccc(C(C)(C)C)cc5c5cc(C(C)(C)C)cc(c52)B4c2cc(C(C)(C)C)cc4c2N3c2ccc(C(C)(C)C)cc2S4)cc1-c1cccc[n+]1C. The van der Waals surface area contributed by atoms with Crippen molar-refractivity contribution in [2.75, 3.05) is 4.90 Å². The summed E-state index contributed by atoms with van der Waals surface area (Å²) in [5.74, 6) is 0. The zero-order valence-corrected chi connectivity index (χ0v) is 41.1. The fourth-order valence-electron chi connectivity index (χ4n) is 10.7. The van der Waals surface area contributed by atoms with Gasteiger partial charge in [-0.25, -0.2) is 4.57 Å². The molecule has 0 amide bonds. The molecule has 0 fully saturated rings. The Morgan fingerprint density at radius 1 is 0.531 bits per heavy atom. The summed E-state index contributed by atoms with van der Waals surface area (Å²) in [5.41, 5.74) is 23.6. The molecule has 0 atom stereocenters. The Hall–Kier alpha value is -5.52. The van der Waals surface area contributed by atoms with Gasteiger partial charge in [-0.05, 0) is 145 Å². The molecule has 0 saturated carbocycles. The Labute approximate surface area is 385 Å². The van der Waals surface area contributed by atoms with E-state index in [1.165, 1.54) is 121 Å². The van der Waals surface area contributed by atoms with E-state index in [4.69, 9.17) is 0 Å². The van der Waals surface area contributed by atoms with Gasteiger partial charge in [-0.15, -0.1) is 0 Å². The smallest absolute Gasteiger partial charge is 0.252 e. The fraction of sp³-hybridized carbons (Fsp3) is 0.305. The van der Waals surface area contributed by atoms with Crippen LogP contribution in [0, 0.1) is 6.92 Å². The van der Waals surface area contributed by atoms with Crippen molar-refractivity contribution in [1.29, 1.82) is 0 Å². The number of benzene rings is 6. The van der Waals surface area contributed by atoms with Crippen molar-refractivity contribution >= 4 is 73.7 Å². The summed E-state index contributed by atoms with van der Waals surface area (Å²) in [5, 5.41) is 2.69. The molecule has 0 radical (unpaired) electrons. The first-order valence-corrected chi connectivity index (χ1v) is 24.1. The summed E-state index contributed by atoms with van der Waals surface area (Å²) in [4.78, 5) is 5.33. The van der Waals surface area contributed by atoms with Crippen molar-refractivity contribution < 1.29 is 4.57 Å². The van der Waals surface area contributed by atoms with Gasteiger partial charge in [0.15, 0.2) is 6.20 Å². The van der Waals surface area contributed by atoms with Gasteiger partial charge in [0.2, 0.25) is 5.69 Å². The third-order valence-electron chi connectivity index (χ3n) is 14.5. The average molecular weight is 855 g/mol. The predicted octanol–water partition coefficient (Wildman–Crippen LogP) is 13.5. The lowest BCUT2D eigenvalue weighted by Gasteiger charge is -2.45. The van der Waals surface area contributed by atoms with E-state index >= 15 is 0 Å². The molecule has 5 heterocycles. The molecule has 3 nitrogen and oxygen atoms in total. The highest BCUT2D eigenvalue weighted by Crippen LogP contribution is 2.55. The maximum absolute atomic E-state index is 2.67. The molecule has 0 N–H and O–H groups in total. The van der Waals surface area contributed by atoms with Gasteiger partial charge < -0.3 is 9.47 Å². The van der Waals surface area contributed by atoms with E-state index in [1.54, 1.807) is 0 Å². The largest absolute Gasteiger partial charge is 0.310 e. The summed E-state index contributed by atoms with van der Waals surface area (Å²) in [7, 11) is 2.15. The van der Waals surface area contributed by atoms with E-state index in [9.17, 15) is 0 Å². The van der Waals surface area contributed by atoms with E-state index in [0.29, 0.717) is 0 Å². The summed E-state index contributed by atoms with van der Waals surface area (Å²) in [6.07, 6.45) is 2.15. The lowest BCUT2D eigenvalue weighted by molar-refractivity contribution is -0.660. The molecule has 0 spiro atoms. The highest BCUT2D eigenvalue weighted by Gasteiger charge is 2.46. The Kier molecular flexibility index (Phi) is 8.70. The maximum Gasteiger partial charge on any atom is 0.252 e. The quantitative estimate of drug-likeness (QED) is 0.127. The molecule has 3 aliphatic rings. The Morgan fingerprint density at radius 3 is 1.86 bits per heavy atom. The first kappa shape index (κ1) is 41.2. The number of nitrogens with zero attached hydrogens (tertiary/aromatic N) is 3. The van der Waals surface area contributed by atoms with Crippen LogP contribution in [0.15, 0.2) is 125 Å². The van der Waals surface area contributed by atoms with Crippen LogP contribution < -0.4 is 25.9 Å². The van der Waals surface area contributed by atoms with Crippen LogP contribution in [-0.2, 0) is 28.7 Å². The molecule has 0 bridgehead atoms. The third kappa shape index (κ3) is 6.13. The van der Waals surface area contributed by atoms with Crippen molar-refractivity contribution in [3.8, 4) is 28.1 Å². The first-order valence-electron chi connectivity index (χ1n) is 23.3. The highest BCUT2D eigenvalue weighted by molar-refractivity contribution is 7.99. The van der Waals surface area contributed by atoms with Crippen molar-refractivity contribution in [2.24, 2.45) is 7.05 Å². The fourth-order valence-corrected chi connectivity index (χ4v) is 11.9. The molecule has 64 heavy (non-hydrogen) atoms. The Balaban J connectivity index is 1.31. The second kappa shape index (κ2) is 13.5. The highest BCUT2D eigenvalue weighted by atomic mass is 32.2. The van der Waals surface area contributed by atoms with Crippen molar-refractivity contribution in [3.63, 3.8) is 0 Å². The molecule has 320 valence electrons. The van der Waals surface area contributed by atoms with E-state index in [2.05, 4.69) is 226 Å². The number of rotatable bonds is 2. The van der Waals surface area contributed by atoms with Gasteiger partial charge in [-0.3, -0.25) is 0 Å². The van der Waals surface area contributed by atoms with Gasteiger partial charge in [0.25, 0.3) is 6.71 Å². The van der Waals surface area contributed by atoms with E-state index in [0.717, 1.165) is 0 Å². The van der Waals surface area contributed by atoms with Gasteiger partial charge in [-0.2, -0.15) is 0 Å². The normalized spacial score (nSPS) is 14.3. The second-order valence-electron chi connectivity index (χ2n) is 23.1. The summed E-state index contributed by atoms with van der Waals surface area (Å²) in [6, 6.07) is 43.4.